The lowest BCUT2D eigenvalue weighted by Gasteiger charge is -2.21. The van der Waals surface area contributed by atoms with Crippen molar-refractivity contribution in [3.8, 4) is 0 Å². The molecule has 1 fully saturated rings. The summed E-state index contributed by atoms with van der Waals surface area (Å²) >= 11 is 0. The Balaban J connectivity index is 2.39. The van der Waals surface area contributed by atoms with Gasteiger partial charge in [0, 0.05) is 18.9 Å². The summed E-state index contributed by atoms with van der Waals surface area (Å²) < 4.78 is 0. The van der Waals surface area contributed by atoms with Gasteiger partial charge in [-0.1, -0.05) is 64.0 Å². The van der Waals surface area contributed by atoms with Crippen molar-refractivity contribution in [3.63, 3.8) is 0 Å². The first-order chi connectivity index (χ1) is 11.5. The molecular weight excluding hydrogens is 300 g/mol. The van der Waals surface area contributed by atoms with Crippen molar-refractivity contribution in [3.05, 3.63) is 12.2 Å². The number of Topliss-reactive ketones (excluding diaryl/α,β-unsaturated/α-hetero) is 1. The van der Waals surface area contributed by atoms with Crippen molar-refractivity contribution in [2.45, 2.75) is 96.5 Å². The van der Waals surface area contributed by atoms with Crippen LogP contribution in [0.25, 0.3) is 0 Å². The molecule has 1 rings (SSSR count). The minimum Gasteiger partial charge on any atom is -0.396 e. The van der Waals surface area contributed by atoms with Crippen molar-refractivity contribution >= 4 is 5.78 Å². The zero-order chi connectivity index (χ0) is 17.8. The molecule has 1 aliphatic rings. The molecule has 0 bridgehead atoms. The van der Waals surface area contributed by atoms with Crippen LogP contribution in [0.1, 0.15) is 90.9 Å². The van der Waals surface area contributed by atoms with Gasteiger partial charge in [0.1, 0.15) is 5.78 Å². The molecule has 1 saturated carbocycles. The summed E-state index contributed by atoms with van der Waals surface area (Å²) in [6.45, 7) is 4.33. The average molecular weight is 339 g/mol. The van der Waals surface area contributed by atoms with E-state index in [2.05, 4.69) is 13.0 Å². The van der Waals surface area contributed by atoms with Gasteiger partial charge in [-0.2, -0.15) is 0 Å². The molecule has 0 aliphatic heterocycles. The third-order valence-electron chi connectivity index (χ3n) is 5.32. The van der Waals surface area contributed by atoms with Gasteiger partial charge in [-0.15, -0.1) is 0 Å². The first-order valence-electron chi connectivity index (χ1n) is 10.1. The van der Waals surface area contributed by atoms with E-state index in [-0.39, 0.29) is 12.5 Å². The highest BCUT2D eigenvalue weighted by Gasteiger charge is 2.32. The van der Waals surface area contributed by atoms with Crippen LogP contribution < -0.4 is 0 Å². The molecule has 0 radical (unpaired) electrons. The summed E-state index contributed by atoms with van der Waals surface area (Å²) in [7, 11) is 0. The highest BCUT2D eigenvalue weighted by Crippen LogP contribution is 2.34. The third kappa shape index (κ3) is 8.43. The predicted octanol–water partition coefficient (Wildman–Crippen LogP) is 4.80. The second-order valence-electron chi connectivity index (χ2n) is 7.73. The number of ketones is 1. The number of rotatable bonds is 13. The Bertz CT molecular complexity index is 373. The zero-order valence-electron chi connectivity index (χ0n) is 15.8. The maximum Gasteiger partial charge on any atom is 0.136 e. The molecule has 1 aliphatic carbocycles. The number of hydrogen-bond acceptors (Lipinski definition) is 3. The van der Waals surface area contributed by atoms with Crippen LogP contribution in [0.3, 0.4) is 0 Å². The minimum absolute atomic E-state index is 0.158. The molecule has 3 nitrogen and oxygen atoms in total. The minimum atomic E-state index is -0.740. The van der Waals surface area contributed by atoms with Crippen LogP contribution in [0.4, 0.5) is 0 Å². The van der Waals surface area contributed by atoms with Crippen LogP contribution in [0.5, 0.6) is 0 Å². The van der Waals surface area contributed by atoms with Crippen LogP contribution in [-0.4, -0.2) is 28.2 Å². The maximum atomic E-state index is 12.2. The van der Waals surface area contributed by atoms with Gasteiger partial charge in [0.2, 0.25) is 0 Å². The number of carbonyl (C=O) groups is 1. The van der Waals surface area contributed by atoms with Gasteiger partial charge < -0.3 is 10.2 Å². The van der Waals surface area contributed by atoms with Crippen molar-refractivity contribution in [1.82, 2.24) is 0 Å². The molecule has 0 spiro atoms. The van der Waals surface area contributed by atoms with E-state index in [0.29, 0.717) is 18.1 Å². The van der Waals surface area contributed by atoms with Gasteiger partial charge >= 0.3 is 0 Å². The van der Waals surface area contributed by atoms with E-state index < -0.39 is 5.60 Å². The Kier molecular flexibility index (Phi) is 10.5. The van der Waals surface area contributed by atoms with Crippen LogP contribution in [0, 0.1) is 11.8 Å². The van der Waals surface area contributed by atoms with E-state index in [1.54, 1.807) is 0 Å². The van der Waals surface area contributed by atoms with Crippen molar-refractivity contribution in [1.29, 1.82) is 0 Å². The van der Waals surface area contributed by atoms with Crippen LogP contribution in [0.2, 0.25) is 0 Å². The molecular formula is C21H38O3. The monoisotopic (exact) mass is 338 g/mol. The third-order valence-corrected chi connectivity index (χ3v) is 5.32. The fourth-order valence-corrected chi connectivity index (χ4v) is 3.69. The van der Waals surface area contributed by atoms with E-state index in [9.17, 15) is 9.90 Å². The lowest BCUT2D eigenvalue weighted by atomic mass is 9.87. The van der Waals surface area contributed by atoms with Gasteiger partial charge in [0.05, 0.1) is 5.60 Å². The van der Waals surface area contributed by atoms with E-state index in [1.807, 2.05) is 13.0 Å². The molecule has 0 heterocycles. The number of aliphatic hydroxyl groups excluding tert-OH is 1. The molecule has 3 unspecified atom stereocenters. The largest absolute Gasteiger partial charge is 0.396 e. The summed E-state index contributed by atoms with van der Waals surface area (Å²) in [6.07, 6.45) is 16.2. The van der Waals surface area contributed by atoms with E-state index in [1.165, 1.54) is 0 Å². The molecule has 0 aromatic carbocycles. The number of carbonyl (C=O) groups excluding carboxylic acids is 1. The molecule has 2 N–H and O–H groups in total. The SMILES string of the molecule is CCCCCC(C)(O)C=CC1CCC(=O)C1CCCCCCCO. The predicted molar refractivity (Wildman–Crippen MR) is 99.9 cm³/mol. The Morgan fingerprint density at radius 1 is 1.12 bits per heavy atom. The zero-order valence-corrected chi connectivity index (χ0v) is 15.8. The summed E-state index contributed by atoms with van der Waals surface area (Å²) in [4.78, 5) is 12.2. The molecule has 3 atom stereocenters. The standard InChI is InChI=1S/C21H38O3/c1-3-4-9-15-21(2,24)16-14-18-12-13-20(23)19(18)11-8-6-5-7-10-17-22/h14,16,18-19,22,24H,3-13,15,17H2,1-2H3. The molecule has 0 aromatic rings. The molecule has 0 aromatic heterocycles. The number of aliphatic hydroxyl groups is 2. The first-order valence-corrected chi connectivity index (χ1v) is 10.1. The molecule has 0 amide bonds. The highest BCUT2D eigenvalue weighted by molar-refractivity contribution is 5.83. The van der Waals surface area contributed by atoms with Crippen molar-refractivity contribution in [2.24, 2.45) is 11.8 Å². The highest BCUT2D eigenvalue weighted by atomic mass is 16.3. The van der Waals surface area contributed by atoms with E-state index >= 15 is 0 Å². The Labute approximate surface area is 148 Å². The summed E-state index contributed by atoms with van der Waals surface area (Å²) in [5, 5.41) is 19.2. The van der Waals surface area contributed by atoms with Crippen LogP contribution in [-0.2, 0) is 4.79 Å². The number of unbranched alkanes of at least 4 members (excludes halogenated alkanes) is 6. The lowest BCUT2D eigenvalue weighted by molar-refractivity contribution is -0.121. The van der Waals surface area contributed by atoms with Crippen molar-refractivity contribution < 1.29 is 15.0 Å². The normalized spacial score (nSPS) is 23.9. The number of hydrogen-bond donors (Lipinski definition) is 2. The van der Waals surface area contributed by atoms with Gasteiger partial charge in [0.25, 0.3) is 0 Å². The molecule has 0 saturated heterocycles. The van der Waals surface area contributed by atoms with Gasteiger partial charge in [-0.05, 0) is 38.5 Å². The van der Waals surface area contributed by atoms with Crippen LogP contribution >= 0.6 is 0 Å². The van der Waals surface area contributed by atoms with Gasteiger partial charge in [-0.3, -0.25) is 4.79 Å². The first kappa shape index (κ1) is 21.4. The average Bonchev–Trinajstić information content (AvgIpc) is 2.89. The van der Waals surface area contributed by atoms with E-state index in [0.717, 1.165) is 70.6 Å². The molecule has 140 valence electrons. The van der Waals surface area contributed by atoms with E-state index in [4.69, 9.17) is 5.11 Å². The van der Waals surface area contributed by atoms with Gasteiger partial charge in [0.15, 0.2) is 0 Å². The summed E-state index contributed by atoms with van der Waals surface area (Å²) in [5.41, 5.74) is -0.740. The molecule has 24 heavy (non-hydrogen) atoms. The number of allylic oxidation sites excluding steroid dienone is 1. The van der Waals surface area contributed by atoms with Gasteiger partial charge in [-0.25, -0.2) is 0 Å². The second kappa shape index (κ2) is 11.8. The smallest absolute Gasteiger partial charge is 0.136 e. The lowest BCUT2D eigenvalue weighted by Crippen LogP contribution is -2.21. The Morgan fingerprint density at radius 2 is 1.83 bits per heavy atom. The summed E-state index contributed by atoms with van der Waals surface area (Å²) in [5.74, 6) is 0.878. The summed E-state index contributed by atoms with van der Waals surface area (Å²) in [6, 6.07) is 0. The molecule has 3 heteroatoms. The fourth-order valence-electron chi connectivity index (χ4n) is 3.69. The van der Waals surface area contributed by atoms with Crippen LogP contribution in [0.15, 0.2) is 12.2 Å². The van der Waals surface area contributed by atoms with Crippen molar-refractivity contribution in [2.75, 3.05) is 6.61 Å². The quantitative estimate of drug-likeness (QED) is 0.374. The Morgan fingerprint density at radius 3 is 2.54 bits per heavy atom. The second-order valence-corrected chi connectivity index (χ2v) is 7.73. The Hall–Kier alpha value is -0.670. The topological polar surface area (TPSA) is 57.5 Å². The fraction of sp³-hybridized carbons (Fsp3) is 0.857. The maximum absolute atomic E-state index is 12.2.